The van der Waals surface area contributed by atoms with Crippen LogP contribution >= 0.6 is 22.1 Å². The summed E-state index contributed by atoms with van der Waals surface area (Å²) >= 11 is 3.09. The molecule has 0 aromatic rings. The van der Waals surface area contributed by atoms with Gasteiger partial charge in [-0.15, -0.1) is 0 Å². The molecule has 2 nitrogen and oxygen atoms in total. The Hall–Kier alpha value is 0.380. The maximum absolute atomic E-state index is 10.3. The van der Waals surface area contributed by atoms with Gasteiger partial charge < -0.3 is 4.74 Å². The van der Waals surface area contributed by atoms with Gasteiger partial charge in [0.25, 0.3) is 0 Å². The minimum atomic E-state index is -0.710. The van der Waals surface area contributed by atoms with Gasteiger partial charge in [-0.25, -0.2) is 4.79 Å². The molecule has 0 spiro atoms. The van der Waals surface area contributed by atoms with Gasteiger partial charge in [0.1, 0.15) is 0 Å². The van der Waals surface area contributed by atoms with Crippen LogP contribution in [0, 0.1) is 0 Å². The lowest BCUT2D eigenvalue weighted by Gasteiger charge is -1.96. The molecule has 0 N–H and O–H groups in total. The third-order valence-electron chi connectivity index (χ3n) is 0.426. The van der Waals surface area contributed by atoms with Crippen molar-refractivity contribution in [3.63, 3.8) is 0 Å². The van der Waals surface area contributed by atoms with Crippen molar-refractivity contribution in [2.24, 2.45) is 0 Å². The molecule has 0 aliphatic heterocycles. The van der Waals surface area contributed by atoms with E-state index in [2.05, 4.69) is 20.2 Å². The van der Waals surface area contributed by atoms with Gasteiger partial charge in [-0.3, -0.25) is 0 Å². The highest BCUT2D eigenvalue weighted by Gasteiger charge is 2.05. The average Bonchev–Trinajstić information content (AvgIpc) is 1.65. The average molecular weight is 185 g/mol. The molecule has 0 saturated heterocycles. The van der Waals surface area contributed by atoms with E-state index >= 15 is 0 Å². The minimum absolute atomic E-state index is 0.171. The Bertz CT molecular complexity index is 73.3. The fourth-order valence-corrected chi connectivity index (χ4v) is 0.812. The third-order valence-corrected chi connectivity index (χ3v) is 1.98. The lowest BCUT2D eigenvalue weighted by atomic mass is 11.5. The molecule has 1 unspecified atom stereocenters. The van der Waals surface area contributed by atoms with Crippen LogP contribution in [0.2, 0.25) is 0 Å². The van der Waals surface area contributed by atoms with E-state index in [4.69, 9.17) is 0 Å². The van der Waals surface area contributed by atoms with Crippen LogP contribution in [0.3, 0.4) is 0 Å². The summed E-state index contributed by atoms with van der Waals surface area (Å²) in [6, 6.07) is 0. The smallest absolute Gasteiger partial charge is 0.336 e. The summed E-state index contributed by atoms with van der Waals surface area (Å²) in [6.45, 7) is 1.07. The quantitative estimate of drug-likeness (QED) is 0.585. The van der Waals surface area contributed by atoms with Crippen LogP contribution in [0.5, 0.6) is 0 Å². The number of carbonyl (C=O) groups is 1. The fourth-order valence-electron chi connectivity index (χ4n) is 0.126. The van der Waals surface area contributed by atoms with Gasteiger partial charge in [0.15, 0.2) is 0 Å². The van der Waals surface area contributed by atoms with Gasteiger partial charge in [0.2, 0.25) is 0 Å². The van der Waals surface area contributed by atoms with Crippen LogP contribution in [0.1, 0.15) is 0 Å². The molecule has 0 rings (SSSR count). The van der Waals surface area contributed by atoms with Crippen molar-refractivity contribution in [2.45, 2.75) is 0 Å². The molecule has 0 fully saturated rings. The van der Waals surface area contributed by atoms with Crippen LogP contribution < -0.4 is 0 Å². The second kappa shape index (κ2) is 3.39. The van der Waals surface area contributed by atoms with E-state index < -0.39 is 6.62 Å². The Morgan fingerprint density at radius 3 is 2.29 bits per heavy atom. The highest BCUT2D eigenvalue weighted by molar-refractivity contribution is 9.40. The van der Waals surface area contributed by atoms with Crippen LogP contribution in [0.25, 0.3) is 0 Å². The van der Waals surface area contributed by atoms with E-state index in [-0.39, 0.29) is 5.71 Å². The molecule has 0 aromatic heterocycles. The van der Waals surface area contributed by atoms with Crippen molar-refractivity contribution in [2.75, 3.05) is 13.8 Å². The first-order valence-corrected chi connectivity index (χ1v) is 5.46. The van der Waals surface area contributed by atoms with Gasteiger partial charge in [0, 0.05) is 0 Å². The number of hydrogen-bond donors (Lipinski definition) is 0. The number of ether oxygens (including phenoxy) is 1. The van der Waals surface area contributed by atoms with E-state index in [1.54, 1.807) is 6.66 Å². The molecular weight excluding hydrogens is 179 g/mol. The summed E-state index contributed by atoms with van der Waals surface area (Å²) in [7, 11) is 1.38. The van der Waals surface area contributed by atoms with Gasteiger partial charge in [-0.1, -0.05) is 0 Å². The van der Waals surface area contributed by atoms with Crippen molar-refractivity contribution in [3.8, 4) is 0 Å². The van der Waals surface area contributed by atoms with E-state index in [0.717, 1.165) is 0 Å². The third kappa shape index (κ3) is 3.01. The summed E-state index contributed by atoms with van der Waals surface area (Å²) in [5, 5.41) is 0. The van der Waals surface area contributed by atoms with Crippen LogP contribution in [0.4, 0.5) is 4.79 Å². The monoisotopic (exact) mass is 184 g/mol. The Kier molecular flexibility index (Phi) is 3.57. The van der Waals surface area contributed by atoms with Gasteiger partial charge >= 0.3 is 5.71 Å². The van der Waals surface area contributed by atoms with Crippen LogP contribution in [-0.2, 0) is 4.74 Å². The zero-order chi connectivity index (χ0) is 5.86. The van der Waals surface area contributed by atoms with E-state index in [9.17, 15) is 4.79 Å². The summed E-state index contributed by atoms with van der Waals surface area (Å²) in [5.41, 5.74) is -0.171. The summed E-state index contributed by atoms with van der Waals surface area (Å²) in [4.78, 5) is 10.3. The van der Waals surface area contributed by atoms with Crippen molar-refractivity contribution in [1.82, 2.24) is 0 Å². The minimum Gasteiger partial charge on any atom is -0.465 e. The highest BCUT2D eigenvalue weighted by Crippen LogP contribution is 2.40. The number of carbonyl (C=O) groups excluding carboxylic acids is 1. The number of rotatable bonds is 1. The molecule has 1 atom stereocenters. The van der Waals surface area contributed by atoms with Crippen LogP contribution in [0.15, 0.2) is 0 Å². The summed E-state index contributed by atoms with van der Waals surface area (Å²) < 4.78 is 4.35. The topological polar surface area (TPSA) is 26.3 Å². The van der Waals surface area contributed by atoms with Crippen molar-refractivity contribution in [1.29, 1.82) is 0 Å². The molecule has 0 aliphatic carbocycles. The van der Waals surface area contributed by atoms with Gasteiger partial charge in [0.05, 0.1) is 13.7 Å². The molecule has 0 saturated carbocycles. The molecule has 0 aromatic carbocycles. The Morgan fingerprint density at radius 1 is 1.86 bits per heavy atom. The maximum atomic E-state index is 10.3. The van der Waals surface area contributed by atoms with Crippen LogP contribution in [-0.4, -0.2) is 19.5 Å². The second-order valence-electron chi connectivity index (χ2n) is 0.947. The molecule has 42 valence electrons. The maximum Gasteiger partial charge on any atom is 0.336 e. The lowest BCUT2D eigenvalue weighted by molar-refractivity contribution is 0.199. The Labute approximate surface area is 51.7 Å². The van der Waals surface area contributed by atoms with E-state index in [1.165, 1.54) is 7.11 Å². The molecule has 7 heavy (non-hydrogen) atoms. The largest absolute Gasteiger partial charge is 0.465 e. The van der Waals surface area contributed by atoms with Gasteiger partial charge in [-0.2, -0.15) is 0 Å². The van der Waals surface area contributed by atoms with E-state index in [1.807, 2.05) is 0 Å². The molecule has 0 amide bonds. The number of hydrogen-bond acceptors (Lipinski definition) is 2. The first-order chi connectivity index (χ1) is 3.18. The lowest BCUT2D eigenvalue weighted by Crippen LogP contribution is -1.88. The van der Waals surface area contributed by atoms with Gasteiger partial charge in [-0.05, 0) is 22.2 Å². The molecular formula is C3H6BrO2P. The summed E-state index contributed by atoms with van der Waals surface area (Å²) in [6.07, 6.45) is 0. The summed E-state index contributed by atoms with van der Waals surface area (Å²) in [5.74, 6) is 0. The molecule has 0 heterocycles. The molecule has 4 heteroatoms. The van der Waals surface area contributed by atoms with Crippen molar-refractivity contribution >= 4 is 27.8 Å². The zero-order valence-corrected chi connectivity index (χ0v) is 6.62. The first kappa shape index (κ1) is 7.38. The Morgan fingerprint density at radius 2 is 2.29 bits per heavy atom. The first-order valence-electron chi connectivity index (χ1n) is 1.66. The van der Waals surface area contributed by atoms with Crippen molar-refractivity contribution < 1.29 is 9.53 Å². The normalized spacial score (nSPS) is 13.0. The fraction of sp³-hybridized carbons (Fsp3) is 0.667. The zero-order valence-electron chi connectivity index (χ0n) is 4.14. The predicted octanol–water partition coefficient (Wildman–Crippen LogP) is 2.17. The van der Waals surface area contributed by atoms with E-state index in [0.29, 0.717) is 0 Å². The highest BCUT2D eigenvalue weighted by atomic mass is 79.9. The predicted molar refractivity (Wildman–Crippen MR) is 34.2 cm³/mol. The standard InChI is InChI=1S/C3H6BrO2P/c1-6-3(5)7(2)4/h1-2H3. The molecule has 0 bridgehead atoms. The second-order valence-corrected chi connectivity index (χ2v) is 5.46. The SMILES string of the molecule is COC(=O)P(C)Br. The Balaban J connectivity index is 3.35. The molecule has 0 aliphatic rings. The number of methoxy groups -OCH3 is 1. The van der Waals surface area contributed by atoms with Crippen molar-refractivity contribution in [3.05, 3.63) is 0 Å². The number of halogens is 1. The molecule has 0 radical (unpaired) electrons.